The van der Waals surface area contributed by atoms with Crippen molar-refractivity contribution in [3.05, 3.63) is 90.0 Å². The van der Waals surface area contributed by atoms with Crippen molar-refractivity contribution in [2.24, 2.45) is 0 Å². The second-order valence-corrected chi connectivity index (χ2v) is 5.71. The fourth-order valence-corrected chi connectivity index (χ4v) is 2.44. The van der Waals surface area contributed by atoms with E-state index in [9.17, 15) is 4.79 Å². The van der Waals surface area contributed by atoms with Crippen LogP contribution in [0.5, 0.6) is 11.5 Å². The highest BCUT2D eigenvalue weighted by atomic mass is 16.5. The molecule has 0 fully saturated rings. The zero-order chi connectivity index (χ0) is 18.2. The molecule has 4 heteroatoms. The van der Waals surface area contributed by atoms with E-state index in [1.54, 1.807) is 12.1 Å². The summed E-state index contributed by atoms with van der Waals surface area (Å²) in [6, 6.07) is 24.3. The van der Waals surface area contributed by atoms with Crippen LogP contribution in [0.1, 0.15) is 22.8 Å². The van der Waals surface area contributed by atoms with Crippen molar-refractivity contribution in [3.8, 4) is 11.5 Å². The molecule has 3 rings (SSSR count). The molecule has 3 aromatic carbocycles. The van der Waals surface area contributed by atoms with Crippen molar-refractivity contribution < 1.29 is 14.3 Å². The molecule has 132 valence electrons. The molecule has 1 N–H and O–H groups in total. The van der Waals surface area contributed by atoms with Crippen LogP contribution in [0.25, 0.3) is 0 Å². The van der Waals surface area contributed by atoms with E-state index < -0.39 is 0 Å². The summed E-state index contributed by atoms with van der Waals surface area (Å²) in [5, 5.41) is 2.87. The zero-order valence-corrected chi connectivity index (χ0v) is 14.6. The highest BCUT2D eigenvalue weighted by Gasteiger charge is 2.06. The van der Waals surface area contributed by atoms with E-state index in [-0.39, 0.29) is 5.91 Å². The van der Waals surface area contributed by atoms with Gasteiger partial charge in [0.1, 0.15) is 18.1 Å². The van der Waals surface area contributed by atoms with E-state index in [1.807, 2.05) is 73.7 Å². The molecule has 0 atom stereocenters. The monoisotopic (exact) mass is 347 g/mol. The van der Waals surface area contributed by atoms with Crippen LogP contribution in [0.3, 0.4) is 0 Å². The molecule has 0 aliphatic heterocycles. The molecule has 0 aliphatic rings. The lowest BCUT2D eigenvalue weighted by molar-refractivity contribution is 0.102. The molecule has 1 amide bonds. The van der Waals surface area contributed by atoms with Crippen molar-refractivity contribution in [2.45, 2.75) is 13.5 Å². The Kier molecular flexibility index (Phi) is 5.88. The molecule has 0 saturated heterocycles. The van der Waals surface area contributed by atoms with Gasteiger partial charge in [0, 0.05) is 11.3 Å². The standard InChI is InChI=1S/C22H21NO3/c1-2-25-20-12-14-21(15-13-20)26-16-17-8-10-18(11-9-17)22(24)23-19-6-4-3-5-7-19/h3-15H,2,16H2,1H3,(H,23,24). The van der Waals surface area contributed by atoms with Crippen molar-refractivity contribution in [1.82, 2.24) is 0 Å². The Balaban J connectivity index is 1.54. The zero-order valence-electron chi connectivity index (χ0n) is 14.6. The van der Waals surface area contributed by atoms with Crippen LogP contribution >= 0.6 is 0 Å². The number of ether oxygens (including phenoxy) is 2. The number of carbonyl (C=O) groups is 1. The van der Waals surface area contributed by atoms with Crippen LogP contribution in [-0.4, -0.2) is 12.5 Å². The minimum Gasteiger partial charge on any atom is -0.494 e. The average molecular weight is 347 g/mol. The van der Waals surface area contributed by atoms with Crippen LogP contribution in [-0.2, 0) is 6.61 Å². The Hall–Kier alpha value is -3.27. The summed E-state index contributed by atoms with van der Waals surface area (Å²) in [4.78, 5) is 12.2. The second-order valence-electron chi connectivity index (χ2n) is 5.71. The Morgan fingerprint density at radius 2 is 1.42 bits per heavy atom. The van der Waals surface area contributed by atoms with Gasteiger partial charge in [0.2, 0.25) is 0 Å². The quantitative estimate of drug-likeness (QED) is 0.660. The first kappa shape index (κ1) is 17.5. The largest absolute Gasteiger partial charge is 0.494 e. The number of rotatable bonds is 7. The first-order valence-corrected chi connectivity index (χ1v) is 8.55. The van der Waals surface area contributed by atoms with Gasteiger partial charge >= 0.3 is 0 Å². The van der Waals surface area contributed by atoms with Gasteiger partial charge in [-0.25, -0.2) is 0 Å². The normalized spacial score (nSPS) is 10.2. The number of carbonyl (C=O) groups excluding carboxylic acids is 1. The van der Waals surface area contributed by atoms with Crippen LogP contribution in [0, 0.1) is 0 Å². The van der Waals surface area contributed by atoms with Crippen molar-refractivity contribution in [1.29, 1.82) is 0 Å². The van der Waals surface area contributed by atoms with E-state index in [0.29, 0.717) is 18.8 Å². The van der Waals surface area contributed by atoms with Gasteiger partial charge in [-0.2, -0.15) is 0 Å². The number of nitrogens with one attached hydrogen (secondary N) is 1. The number of para-hydroxylation sites is 1. The van der Waals surface area contributed by atoms with Crippen molar-refractivity contribution >= 4 is 11.6 Å². The molecule has 0 unspecified atom stereocenters. The molecule has 0 saturated carbocycles. The summed E-state index contributed by atoms with van der Waals surface area (Å²) in [5.74, 6) is 1.48. The van der Waals surface area contributed by atoms with Gasteiger partial charge in [-0.05, 0) is 61.0 Å². The summed E-state index contributed by atoms with van der Waals surface area (Å²) >= 11 is 0. The molecule has 4 nitrogen and oxygen atoms in total. The molecule has 0 radical (unpaired) electrons. The topological polar surface area (TPSA) is 47.6 Å². The Morgan fingerprint density at radius 3 is 2.04 bits per heavy atom. The van der Waals surface area contributed by atoms with Gasteiger partial charge in [-0.3, -0.25) is 4.79 Å². The average Bonchev–Trinajstić information content (AvgIpc) is 2.69. The lowest BCUT2D eigenvalue weighted by Crippen LogP contribution is -2.11. The van der Waals surface area contributed by atoms with Crippen LogP contribution in [0.4, 0.5) is 5.69 Å². The Labute approximate surface area is 153 Å². The fourth-order valence-electron chi connectivity index (χ4n) is 2.44. The highest BCUT2D eigenvalue weighted by molar-refractivity contribution is 6.04. The highest BCUT2D eigenvalue weighted by Crippen LogP contribution is 2.19. The molecule has 0 aromatic heterocycles. The minimum absolute atomic E-state index is 0.129. The lowest BCUT2D eigenvalue weighted by Gasteiger charge is -2.09. The summed E-state index contributed by atoms with van der Waals surface area (Å²) in [6.45, 7) is 3.03. The Morgan fingerprint density at radius 1 is 0.808 bits per heavy atom. The minimum atomic E-state index is -0.129. The van der Waals surface area contributed by atoms with Gasteiger partial charge < -0.3 is 14.8 Å². The van der Waals surface area contributed by atoms with E-state index in [0.717, 1.165) is 22.7 Å². The number of anilines is 1. The number of benzene rings is 3. The van der Waals surface area contributed by atoms with Crippen LogP contribution in [0.15, 0.2) is 78.9 Å². The summed E-state index contributed by atoms with van der Waals surface area (Å²) in [6.07, 6.45) is 0. The van der Waals surface area contributed by atoms with E-state index in [2.05, 4.69) is 5.32 Å². The molecule has 0 spiro atoms. The number of hydrogen-bond acceptors (Lipinski definition) is 3. The van der Waals surface area contributed by atoms with Crippen molar-refractivity contribution in [3.63, 3.8) is 0 Å². The molecule has 3 aromatic rings. The fraction of sp³-hybridized carbons (Fsp3) is 0.136. The maximum atomic E-state index is 12.2. The molecule has 26 heavy (non-hydrogen) atoms. The maximum absolute atomic E-state index is 12.2. The van der Waals surface area contributed by atoms with E-state index >= 15 is 0 Å². The summed E-state index contributed by atoms with van der Waals surface area (Å²) in [5.41, 5.74) is 2.38. The third-order valence-electron chi connectivity index (χ3n) is 3.79. The van der Waals surface area contributed by atoms with Crippen molar-refractivity contribution in [2.75, 3.05) is 11.9 Å². The first-order chi connectivity index (χ1) is 12.7. The second kappa shape index (κ2) is 8.72. The summed E-state index contributed by atoms with van der Waals surface area (Å²) in [7, 11) is 0. The van der Waals surface area contributed by atoms with Gasteiger partial charge in [0.05, 0.1) is 6.61 Å². The molecule has 0 aliphatic carbocycles. The van der Waals surface area contributed by atoms with Crippen LogP contribution < -0.4 is 14.8 Å². The number of hydrogen-bond donors (Lipinski definition) is 1. The molecule has 0 heterocycles. The summed E-state index contributed by atoms with van der Waals surface area (Å²) < 4.78 is 11.2. The Bertz CT molecular complexity index is 828. The lowest BCUT2D eigenvalue weighted by atomic mass is 10.1. The first-order valence-electron chi connectivity index (χ1n) is 8.55. The maximum Gasteiger partial charge on any atom is 0.255 e. The molecule has 0 bridgehead atoms. The van der Waals surface area contributed by atoms with Gasteiger partial charge in [0.25, 0.3) is 5.91 Å². The predicted octanol–water partition coefficient (Wildman–Crippen LogP) is 4.92. The predicted molar refractivity (Wildman–Crippen MR) is 103 cm³/mol. The van der Waals surface area contributed by atoms with E-state index in [1.165, 1.54) is 0 Å². The molecular weight excluding hydrogens is 326 g/mol. The third-order valence-corrected chi connectivity index (χ3v) is 3.79. The smallest absolute Gasteiger partial charge is 0.255 e. The van der Waals surface area contributed by atoms with Gasteiger partial charge in [-0.1, -0.05) is 30.3 Å². The van der Waals surface area contributed by atoms with E-state index in [4.69, 9.17) is 9.47 Å². The molecular formula is C22H21NO3. The van der Waals surface area contributed by atoms with Crippen LogP contribution in [0.2, 0.25) is 0 Å². The SMILES string of the molecule is CCOc1ccc(OCc2ccc(C(=O)Nc3ccccc3)cc2)cc1. The number of amides is 1. The van der Waals surface area contributed by atoms with Gasteiger partial charge in [-0.15, -0.1) is 0 Å². The third kappa shape index (κ3) is 4.86. The van der Waals surface area contributed by atoms with Gasteiger partial charge in [0.15, 0.2) is 0 Å².